The SMILES string of the molecule is Cc1cccc(NCN2C(=O)[C@H]3[C@H](C2=O)[C@H]2C=C[C@H]3C2)c1. The summed E-state index contributed by atoms with van der Waals surface area (Å²) in [7, 11) is 0. The van der Waals surface area contributed by atoms with E-state index in [1.54, 1.807) is 0 Å². The summed E-state index contributed by atoms with van der Waals surface area (Å²) < 4.78 is 0. The van der Waals surface area contributed by atoms with Crippen molar-refractivity contribution in [2.75, 3.05) is 12.0 Å². The van der Waals surface area contributed by atoms with Crippen LogP contribution in [0.2, 0.25) is 0 Å². The molecule has 4 nitrogen and oxygen atoms in total. The van der Waals surface area contributed by atoms with Crippen molar-refractivity contribution in [1.29, 1.82) is 0 Å². The Morgan fingerprint density at radius 2 is 1.81 bits per heavy atom. The van der Waals surface area contributed by atoms with Crippen LogP contribution >= 0.6 is 0 Å². The van der Waals surface area contributed by atoms with E-state index in [4.69, 9.17) is 0 Å². The van der Waals surface area contributed by atoms with Gasteiger partial charge in [-0.1, -0.05) is 24.3 Å². The van der Waals surface area contributed by atoms with E-state index in [-0.39, 0.29) is 42.2 Å². The number of benzene rings is 1. The zero-order chi connectivity index (χ0) is 14.6. The third-order valence-corrected chi connectivity index (χ3v) is 5.02. The average Bonchev–Trinajstić information content (AvgIpc) is 3.12. The van der Waals surface area contributed by atoms with Crippen molar-refractivity contribution in [3.8, 4) is 0 Å². The molecule has 21 heavy (non-hydrogen) atoms. The first-order chi connectivity index (χ1) is 10.1. The molecule has 1 aromatic carbocycles. The molecule has 0 aromatic heterocycles. The van der Waals surface area contributed by atoms with Gasteiger partial charge in [0.15, 0.2) is 0 Å². The van der Waals surface area contributed by atoms with Gasteiger partial charge in [0, 0.05) is 5.69 Å². The van der Waals surface area contributed by atoms with Gasteiger partial charge in [-0.05, 0) is 42.9 Å². The summed E-state index contributed by atoms with van der Waals surface area (Å²) in [5.41, 5.74) is 2.09. The van der Waals surface area contributed by atoms with E-state index < -0.39 is 0 Å². The molecule has 2 bridgehead atoms. The van der Waals surface area contributed by atoms with E-state index in [2.05, 4.69) is 17.5 Å². The van der Waals surface area contributed by atoms with Gasteiger partial charge >= 0.3 is 0 Å². The van der Waals surface area contributed by atoms with Gasteiger partial charge in [-0.3, -0.25) is 14.5 Å². The van der Waals surface area contributed by atoms with E-state index in [1.165, 1.54) is 4.90 Å². The van der Waals surface area contributed by atoms with E-state index in [0.29, 0.717) is 0 Å². The number of likely N-dealkylation sites (tertiary alicyclic amines) is 1. The monoisotopic (exact) mass is 282 g/mol. The number of hydrogen-bond acceptors (Lipinski definition) is 3. The van der Waals surface area contributed by atoms with Gasteiger partial charge in [0.2, 0.25) is 11.8 Å². The molecule has 1 aliphatic heterocycles. The van der Waals surface area contributed by atoms with Crippen molar-refractivity contribution in [3.05, 3.63) is 42.0 Å². The van der Waals surface area contributed by atoms with Crippen molar-refractivity contribution in [2.45, 2.75) is 13.3 Å². The van der Waals surface area contributed by atoms with E-state index in [9.17, 15) is 9.59 Å². The Bertz CT molecular complexity index is 622. The number of allylic oxidation sites excluding steroid dienone is 2. The number of imide groups is 1. The lowest BCUT2D eigenvalue weighted by Gasteiger charge is -2.18. The Morgan fingerprint density at radius 3 is 2.43 bits per heavy atom. The molecule has 1 aromatic rings. The number of carbonyl (C=O) groups is 2. The van der Waals surface area contributed by atoms with E-state index >= 15 is 0 Å². The summed E-state index contributed by atoms with van der Waals surface area (Å²) in [6, 6.07) is 7.94. The number of carbonyl (C=O) groups excluding carboxylic acids is 2. The van der Waals surface area contributed by atoms with Crippen molar-refractivity contribution >= 4 is 17.5 Å². The number of anilines is 1. The molecule has 3 aliphatic rings. The Balaban J connectivity index is 1.50. The highest BCUT2D eigenvalue weighted by Gasteiger charge is 2.59. The molecule has 0 spiro atoms. The van der Waals surface area contributed by atoms with Crippen LogP contribution in [0.15, 0.2) is 36.4 Å². The molecular weight excluding hydrogens is 264 g/mol. The average molecular weight is 282 g/mol. The molecule has 0 radical (unpaired) electrons. The minimum Gasteiger partial charge on any atom is -0.367 e. The minimum atomic E-state index is -0.105. The Hall–Kier alpha value is -2.10. The summed E-state index contributed by atoms with van der Waals surface area (Å²) in [4.78, 5) is 26.4. The smallest absolute Gasteiger partial charge is 0.235 e. The maximum atomic E-state index is 12.5. The number of aryl methyl sites for hydroxylation is 1. The Kier molecular flexibility index (Phi) is 2.67. The Morgan fingerprint density at radius 1 is 1.14 bits per heavy atom. The largest absolute Gasteiger partial charge is 0.367 e. The van der Waals surface area contributed by atoms with Gasteiger partial charge in [-0.2, -0.15) is 0 Å². The summed E-state index contributed by atoms with van der Waals surface area (Å²) in [6.45, 7) is 2.29. The molecule has 1 heterocycles. The third kappa shape index (κ3) is 1.82. The van der Waals surface area contributed by atoms with Gasteiger partial charge in [0.1, 0.15) is 0 Å². The standard InChI is InChI=1S/C17H18N2O2/c1-10-3-2-4-13(7-10)18-9-19-16(20)14-11-5-6-12(8-11)15(14)17(19)21/h2-7,11-12,14-15,18H,8-9H2,1H3/t11-,12-,14+,15+/m0/s1. The number of hydrogen-bond donors (Lipinski definition) is 1. The second-order valence-corrected chi connectivity index (χ2v) is 6.31. The molecule has 0 unspecified atom stereocenters. The van der Waals surface area contributed by atoms with Crippen LogP contribution in [0.3, 0.4) is 0 Å². The Labute approximate surface area is 123 Å². The zero-order valence-electron chi connectivity index (χ0n) is 12.0. The molecule has 1 N–H and O–H groups in total. The van der Waals surface area contributed by atoms with Crippen LogP contribution in [0.25, 0.3) is 0 Å². The van der Waals surface area contributed by atoms with Gasteiger partial charge in [0.25, 0.3) is 0 Å². The van der Waals surface area contributed by atoms with Crippen molar-refractivity contribution in [1.82, 2.24) is 4.90 Å². The van der Waals surface area contributed by atoms with Gasteiger partial charge in [0.05, 0.1) is 18.5 Å². The molecule has 1 saturated heterocycles. The normalized spacial score (nSPS) is 32.9. The fourth-order valence-corrected chi connectivity index (χ4v) is 4.05. The van der Waals surface area contributed by atoms with Gasteiger partial charge < -0.3 is 5.32 Å². The maximum absolute atomic E-state index is 12.5. The fourth-order valence-electron chi connectivity index (χ4n) is 4.05. The number of nitrogens with zero attached hydrogens (tertiary/aromatic N) is 1. The van der Waals surface area contributed by atoms with Crippen molar-refractivity contribution in [3.63, 3.8) is 0 Å². The van der Waals surface area contributed by atoms with Crippen molar-refractivity contribution < 1.29 is 9.59 Å². The number of nitrogens with one attached hydrogen (secondary N) is 1. The predicted octanol–water partition coefficient (Wildman–Crippen LogP) is 2.17. The molecule has 4 atom stereocenters. The fraction of sp³-hybridized carbons (Fsp3) is 0.412. The molecule has 108 valence electrons. The molecular formula is C17H18N2O2. The number of amides is 2. The third-order valence-electron chi connectivity index (χ3n) is 5.02. The summed E-state index contributed by atoms with van der Waals surface area (Å²) in [5.74, 6) is 0.350. The summed E-state index contributed by atoms with van der Waals surface area (Å²) >= 11 is 0. The molecule has 2 fully saturated rings. The van der Waals surface area contributed by atoms with E-state index in [0.717, 1.165) is 17.7 Å². The molecule has 2 aliphatic carbocycles. The second kappa shape index (κ2) is 4.45. The van der Waals surface area contributed by atoms with Crippen LogP contribution in [0, 0.1) is 30.6 Å². The van der Waals surface area contributed by atoms with Gasteiger partial charge in [-0.15, -0.1) is 0 Å². The zero-order valence-corrected chi connectivity index (χ0v) is 12.0. The highest BCUT2D eigenvalue weighted by molar-refractivity contribution is 6.06. The first kappa shape index (κ1) is 12.6. The van der Waals surface area contributed by atoms with Crippen LogP contribution < -0.4 is 5.32 Å². The molecule has 4 heteroatoms. The van der Waals surface area contributed by atoms with Gasteiger partial charge in [-0.25, -0.2) is 0 Å². The van der Waals surface area contributed by atoms with Crippen LogP contribution in [0.5, 0.6) is 0 Å². The van der Waals surface area contributed by atoms with Crippen LogP contribution in [-0.2, 0) is 9.59 Å². The number of fused-ring (bicyclic) bond motifs is 5. The van der Waals surface area contributed by atoms with Crippen LogP contribution in [0.4, 0.5) is 5.69 Å². The molecule has 2 amide bonds. The predicted molar refractivity (Wildman–Crippen MR) is 79.2 cm³/mol. The topological polar surface area (TPSA) is 49.4 Å². The lowest BCUT2D eigenvalue weighted by Crippen LogP contribution is -2.37. The minimum absolute atomic E-state index is 0.00185. The quantitative estimate of drug-likeness (QED) is 0.683. The highest BCUT2D eigenvalue weighted by Crippen LogP contribution is 2.52. The van der Waals surface area contributed by atoms with Crippen molar-refractivity contribution in [2.24, 2.45) is 23.7 Å². The summed E-state index contributed by atoms with van der Waals surface area (Å²) in [5, 5.41) is 3.19. The first-order valence-electron chi connectivity index (χ1n) is 7.49. The maximum Gasteiger partial charge on any atom is 0.235 e. The molecule has 4 rings (SSSR count). The molecule has 1 saturated carbocycles. The second-order valence-electron chi connectivity index (χ2n) is 6.31. The highest BCUT2D eigenvalue weighted by atomic mass is 16.2. The van der Waals surface area contributed by atoms with E-state index in [1.807, 2.05) is 31.2 Å². The van der Waals surface area contributed by atoms with Crippen LogP contribution in [-0.4, -0.2) is 23.4 Å². The first-order valence-corrected chi connectivity index (χ1v) is 7.49. The van der Waals surface area contributed by atoms with Crippen LogP contribution in [0.1, 0.15) is 12.0 Å². The summed E-state index contributed by atoms with van der Waals surface area (Å²) in [6.07, 6.45) is 5.22. The lowest BCUT2D eigenvalue weighted by molar-refractivity contribution is -0.140. The lowest BCUT2D eigenvalue weighted by atomic mass is 9.85. The number of rotatable bonds is 3.